The van der Waals surface area contributed by atoms with Gasteiger partial charge in [0.1, 0.15) is 5.01 Å². The highest BCUT2D eigenvalue weighted by Gasteiger charge is 2.14. The minimum absolute atomic E-state index is 0.744. The lowest BCUT2D eigenvalue weighted by molar-refractivity contribution is 0.191. The molecule has 0 atom stereocenters. The van der Waals surface area contributed by atoms with Crippen molar-refractivity contribution < 1.29 is 0 Å². The molecule has 6 heteroatoms. The minimum Gasteiger partial charge on any atom is -0.356 e. The molecule has 2 N–H and O–H groups in total. The Balaban J connectivity index is 1.59. The van der Waals surface area contributed by atoms with E-state index in [1.807, 2.05) is 13.2 Å². The van der Waals surface area contributed by atoms with Crippen LogP contribution in [0, 0.1) is 5.92 Å². The fourth-order valence-electron chi connectivity index (χ4n) is 2.77. The van der Waals surface area contributed by atoms with E-state index in [0.29, 0.717) is 0 Å². The van der Waals surface area contributed by atoms with Crippen LogP contribution in [0.1, 0.15) is 43.0 Å². The third kappa shape index (κ3) is 6.47. The smallest absolute Gasteiger partial charge is 0.191 e. The topological polar surface area (TPSA) is 52.6 Å². The van der Waals surface area contributed by atoms with Crippen LogP contribution in [0.25, 0.3) is 0 Å². The number of thiazole rings is 1. The maximum atomic E-state index is 4.42. The van der Waals surface area contributed by atoms with Crippen molar-refractivity contribution in [1.29, 1.82) is 0 Å². The molecule has 2 rings (SSSR count). The number of nitrogens with one attached hydrogen (secondary N) is 2. The molecule has 2 heterocycles. The second-order valence-electron chi connectivity index (χ2n) is 6.30. The summed E-state index contributed by atoms with van der Waals surface area (Å²) in [5, 5.41) is 7.86. The normalized spacial score (nSPS) is 17.4. The molecule has 0 aromatic carbocycles. The van der Waals surface area contributed by atoms with Gasteiger partial charge in [-0.3, -0.25) is 4.99 Å². The van der Waals surface area contributed by atoms with Crippen molar-refractivity contribution in [2.75, 3.05) is 33.2 Å². The van der Waals surface area contributed by atoms with Crippen molar-refractivity contribution in [3.05, 3.63) is 16.1 Å². The Morgan fingerprint density at radius 2 is 2.17 bits per heavy atom. The van der Waals surface area contributed by atoms with Crippen molar-refractivity contribution in [3.63, 3.8) is 0 Å². The van der Waals surface area contributed by atoms with Crippen LogP contribution in [-0.4, -0.2) is 49.1 Å². The lowest BCUT2D eigenvalue weighted by Gasteiger charge is -2.30. The van der Waals surface area contributed by atoms with Gasteiger partial charge in [-0.25, -0.2) is 4.98 Å². The fraction of sp³-hybridized carbons (Fsp3) is 0.765. The number of rotatable bonds is 7. The van der Waals surface area contributed by atoms with E-state index in [9.17, 15) is 0 Å². The van der Waals surface area contributed by atoms with E-state index in [2.05, 4.69) is 39.4 Å². The summed E-state index contributed by atoms with van der Waals surface area (Å²) in [6.07, 6.45) is 6.89. The summed E-state index contributed by atoms with van der Waals surface area (Å²) in [5.74, 6) is 1.78. The van der Waals surface area contributed by atoms with Gasteiger partial charge in [-0.2, -0.15) is 0 Å². The summed E-state index contributed by atoms with van der Waals surface area (Å²) in [6, 6.07) is 0. The van der Waals surface area contributed by atoms with Crippen molar-refractivity contribution >= 4 is 17.3 Å². The average molecular weight is 338 g/mol. The minimum atomic E-state index is 0.744. The zero-order valence-corrected chi connectivity index (χ0v) is 15.6. The highest BCUT2D eigenvalue weighted by molar-refractivity contribution is 7.11. The Hall–Kier alpha value is -1.14. The first kappa shape index (κ1) is 18.2. The molecular weight excluding hydrogens is 306 g/mol. The largest absolute Gasteiger partial charge is 0.356 e. The standard InChI is InChI=1S/C17H31N5S/c1-4-15-12-20-16(23-15)13-21-17(18-3)19-8-5-9-22-10-6-14(2)7-11-22/h12,14H,4-11,13H2,1-3H3,(H2,18,19,21). The monoisotopic (exact) mass is 337 g/mol. The molecule has 130 valence electrons. The Morgan fingerprint density at radius 3 is 2.83 bits per heavy atom. The van der Waals surface area contributed by atoms with Crippen LogP contribution in [0.5, 0.6) is 0 Å². The van der Waals surface area contributed by atoms with Gasteiger partial charge in [0.2, 0.25) is 0 Å². The molecule has 0 radical (unpaired) electrons. The first-order chi connectivity index (χ1) is 11.2. The van der Waals surface area contributed by atoms with Crippen LogP contribution >= 0.6 is 11.3 Å². The Kier molecular flexibility index (Phi) is 7.82. The van der Waals surface area contributed by atoms with Crippen LogP contribution in [0.4, 0.5) is 0 Å². The summed E-state index contributed by atoms with van der Waals surface area (Å²) in [5.41, 5.74) is 0. The van der Waals surface area contributed by atoms with Crippen LogP contribution in [0.2, 0.25) is 0 Å². The number of aliphatic imine (C=N–C) groups is 1. The summed E-state index contributed by atoms with van der Waals surface area (Å²) in [7, 11) is 1.82. The van der Waals surface area contributed by atoms with E-state index in [0.717, 1.165) is 42.8 Å². The Labute approximate surface area is 144 Å². The molecule has 1 aliphatic heterocycles. The first-order valence-corrected chi connectivity index (χ1v) is 9.63. The van der Waals surface area contributed by atoms with Crippen molar-refractivity contribution in [3.8, 4) is 0 Å². The quantitative estimate of drug-likeness (QED) is 0.456. The van der Waals surface area contributed by atoms with Crippen LogP contribution in [0.15, 0.2) is 11.2 Å². The van der Waals surface area contributed by atoms with Gasteiger partial charge >= 0.3 is 0 Å². The van der Waals surface area contributed by atoms with Crippen molar-refractivity contribution in [1.82, 2.24) is 20.5 Å². The molecule has 0 bridgehead atoms. The number of hydrogen-bond acceptors (Lipinski definition) is 4. The third-order valence-electron chi connectivity index (χ3n) is 4.40. The second kappa shape index (κ2) is 9.88. The van der Waals surface area contributed by atoms with Gasteiger partial charge < -0.3 is 15.5 Å². The average Bonchev–Trinajstić information content (AvgIpc) is 3.04. The van der Waals surface area contributed by atoms with Gasteiger partial charge in [0.15, 0.2) is 5.96 Å². The molecular formula is C17H31N5S. The third-order valence-corrected chi connectivity index (χ3v) is 5.54. The number of nitrogens with zero attached hydrogens (tertiary/aromatic N) is 3. The van der Waals surface area contributed by atoms with E-state index in [4.69, 9.17) is 0 Å². The Bertz CT molecular complexity index is 477. The number of hydrogen-bond donors (Lipinski definition) is 2. The molecule has 0 unspecified atom stereocenters. The van der Waals surface area contributed by atoms with E-state index in [-0.39, 0.29) is 0 Å². The summed E-state index contributed by atoms with van der Waals surface area (Å²) in [4.78, 5) is 12.6. The second-order valence-corrected chi connectivity index (χ2v) is 7.50. The first-order valence-electron chi connectivity index (χ1n) is 8.81. The number of piperidine rings is 1. The predicted molar refractivity (Wildman–Crippen MR) is 99.1 cm³/mol. The maximum absolute atomic E-state index is 4.42. The molecule has 0 amide bonds. The Morgan fingerprint density at radius 1 is 1.39 bits per heavy atom. The van der Waals surface area contributed by atoms with Gasteiger partial charge in [-0.15, -0.1) is 11.3 Å². The van der Waals surface area contributed by atoms with Crippen LogP contribution in [-0.2, 0) is 13.0 Å². The molecule has 0 saturated carbocycles. The van der Waals surface area contributed by atoms with Crippen molar-refractivity contribution in [2.45, 2.75) is 46.1 Å². The van der Waals surface area contributed by atoms with Gasteiger partial charge in [0.25, 0.3) is 0 Å². The zero-order valence-electron chi connectivity index (χ0n) is 14.8. The van der Waals surface area contributed by atoms with Gasteiger partial charge in [0, 0.05) is 24.7 Å². The maximum Gasteiger partial charge on any atom is 0.191 e. The predicted octanol–water partition coefficient (Wildman–Crippen LogP) is 2.49. The van der Waals surface area contributed by atoms with E-state index in [1.165, 1.54) is 37.4 Å². The fourth-order valence-corrected chi connectivity index (χ4v) is 3.57. The summed E-state index contributed by atoms with van der Waals surface area (Å²) >= 11 is 1.77. The molecule has 1 aromatic rings. The summed E-state index contributed by atoms with van der Waals surface area (Å²) in [6.45, 7) is 9.94. The van der Waals surface area contributed by atoms with E-state index >= 15 is 0 Å². The van der Waals surface area contributed by atoms with Gasteiger partial charge in [-0.1, -0.05) is 13.8 Å². The summed E-state index contributed by atoms with van der Waals surface area (Å²) < 4.78 is 0. The van der Waals surface area contributed by atoms with Crippen LogP contribution in [0.3, 0.4) is 0 Å². The molecule has 0 aliphatic carbocycles. The molecule has 1 saturated heterocycles. The molecule has 0 spiro atoms. The van der Waals surface area contributed by atoms with Crippen LogP contribution < -0.4 is 10.6 Å². The van der Waals surface area contributed by atoms with Crippen molar-refractivity contribution in [2.24, 2.45) is 10.9 Å². The lowest BCUT2D eigenvalue weighted by Crippen LogP contribution is -2.39. The number of guanidine groups is 1. The molecule has 1 aliphatic rings. The number of aromatic nitrogens is 1. The van der Waals surface area contributed by atoms with E-state index < -0.39 is 0 Å². The van der Waals surface area contributed by atoms with Gasteiger partial charge in [0.05, 0.1) is 6.54 Å². The lowest BCUT2D eigenvalue weighted by atomic mass is 9.99. The molecule has 5 nitrogen and oxygen atoms in total. The zero-order chi connectivity index (χ0) is 16.5. The number of likely N-dealkylation sites (tertiary alicyclic amines) is 1. The van der Waals surface area contributed by atoms with E-state index in [1.54, 1.807) is 11.3 Å². The highest BCUT2D eigenvalue weighted by Crippen LogP contribution is 2.15. The SMILES string of the molecule is CCc1cnc(CNC(=NC)NCCCN2CCC(C)CC2)s1. The molecule has 1 fully saturated rings. The van der Waals surface area contributed by atoms with Gasteiger partial charge in [-0.05, 0) is 51.2 Å². The molecule has 1 aromatic heterocycles. The highest BCUT2D eigenvalue weighted by atomic mass is 32.1. The molecule has 23 heavy (non-hydrogen) atoms. The number of aryl methyl sites for hydroxylation is 1.